The molecule has 34 heavy (non-hydrogen) atoms. The van der Waals surface area contributed by atoms with Gasteiger partial charge in [-0.15, -0.1) is 0 Å². The van der Waals surface area contributed by atoms with Crippen LogP contribution >= 0.6 is 0 Å². The van der Waals surface area contributed by atoms with Crippen molar-refractivity contribution >= 4 is 0 Å². The zero-order valence-electron chi connectivity index (χ0n) is 24.2. The van der Waals surface area contributed by atoms with Crippen LogP contribution in [0.25, 0.3) is 0 Å². The maximum Gasteiger partial charge on any atom is 0.123 e. The molecule has 190 valence electrons. The Bertz CT molecular complexity index is 943. The van der Waals surface area contributed by atoms with Crippen LogP contribution in [0.2, 0.25) is 0 Å². The van der Waals surface area contributed by atoms with Gasteiger partial charge in [0.15, 0.2) is 0 Å². The first-order valence-corrected chi connectivity index (χ1v) is 13.0. The predicted molar refractivity (Wildman–Crippen MR) is 148 cm³/mol. The predicted octanol–water partition coefficient (Wildman–Crippen LogP) is 9.22. The van der Waals surface area contributed by atoms with Gasteiger partial charge in [-0.05, 0) is 56.8 Å². The molecule has 0 bridgehead atoms. The van der Waals surface area contributed by atoms with E-state index in [-0.39, 0.29) is 27.6 Å². The van der Waals surface area contributed by atoms with E-state index in [0.29, 0.717) is 11.5 Å². The molecule has 0 aliphatic heterocycles. The summed E-state index contributed by atoms with van der Waals surface area (Å²) >= 11 is 0. The molecule has 0 amide bonds. The first kappa shape index (κ1) is 28.3. The lowest BCUT2D eigenvalue weighted by molar-refractivity contribution is 0.425. The Morgan fingerprint density at radius 2 is 0.882 bits per heavy atom. The number of aromatic hydroxyl groups is 2. The molecule has 0 atom stereocenters. The maximum absolute atomic E-state index is 11.5. The fourth-order valence-corrected chi connectivity index (χ4v) is 4.47. The van der Waals surface area contributed by atoms with E-state index in [9.17, 15) is 10.2 Å². The molecule has 2 aromatic rings. The molecule has 0 radical (unpaired) electrons. The van der Waals surface area contributed by atoms with Crippen molar-refractivity contribution in [3.63, 3.8) is 0 Å². The standard InChI is InChI=1S/C32H50O2/c1-14-31(10,11)21-16-23(27(33)25(18-21)29(4,5)6)20(3)24-17-22(32(12,13)15-2)19-26(28(24)34)30(7,8)9/h16-20,33-34H,14-15H2,1-13H3. The second-order valence-electron chi connectivity index (χ2n) is 13.6. The zero-order valence-corrected chi connectivity index (χ0v) is 24.2. The Morgan fingerprint density at radius 3 is 1.12 bits per heavy atom. The maximum atomic E-state index is 11.5. The van der Waals surface area contributed by atoms with Gasteiger partial charge >= 0.3 is 0 Å². The highest BCUT2D eigenvalue weighted by molar-refractivity contribution is 5.57. The highest BCUT2D eigenvalue weighted by Crippen LogP contribution is 2.47. The Balaban J connectivity index is 2.92. The van der Waals surface area contributed by atoms with E-state index in [0.717, 1.165) is 35.1 Å². The van der Waals surface area contributed by atoms with Crippen molar-refractivity contribution in [2.24, 2.45) is 0 Å². The largest absolute Gasteiger partial charge is 0.507 e. The van der Waals surface area contributed by atoms with E-state index in [2.05, 4.69) is 114 Å². The van der Waals surface area contributed by atoms with Crippen LogP contribution in [0.3, 0.4) is 0 Å². The minimum Gasteiger partial charge on any atom is -0.507 e. The van der Waals surface area contributed by atoms with E-state index >= 15 is 0 Å². The minimum atomic E-state index is -0.191. The van der Waals surface area contributed by atoms with Crippen LogP contribution in [0.4, 0.5) is 0 Å². The van der Waals surface area contributed by atoms with Gasteiger partial charge in [0.1, 0.15) is 11.5 Å². The van der Waals surface area contributed by atoms with Crippen molar-refractivity contribution < 1.29 is 10.2 Å². The van der Waals surface area contributed by atoms with E-state index in [1.807, 2.05) is 0 Å². The first-order chi connectivity index (χ1) is 15.3. The molecule has 2 N–H and O–H groups in total. The fourth-order valence-electron chi connectivity index (χ4n) is 4.47. The molecular formula is C32H50O2. The number of benzene rings is 2. The fraction of sp³-hybridized carbons (Fsp3) is 0.625. The summed E-state index contributed by atoms with van der Waals surface area (Å²) in [5.74, 6) is 0.558. The number of hydrogen-bond acceptors (Lipinski definition) is 2. The van der Waals surface area contributed by atoms with E-state index in [4.69, 9.17) is 0 Å². The van der Waals surface area contributed by atoms with Crippen molar-refractivity contribution in [1.29, 1.82) is 0 Å². The smallest absolute Gasteiger partial charge is 0.123 e. The third-order valence-corrected chi connectivity index (χ3v) is 8.16. The molecule has 0 heterocycles. The molecule has 2 aromatic carbocycles. The monoisotopic (exact) mass is 466 g/mol. The van der Waals surface area contributed by atoms with Crippen molar-refractivity contribution in [3.05, 3.63) is 57.6 Å². The molecule has 0 aromatic heterocycles. The van der Waals surface area contributed by atoms with Gasteiger partial charge < -0.3 is 10.2 Å². The lowest BCUT2D eigenvalue weighted by Crippen LogP contribution is -2.21. The normalized spacial score (nSPS) is 13.6. The van der Waals surface area contributed by atoms with Crippen LogP contribution in [-0.4, -0.2) is 10.2 Å². The molecule has 0 fully saturated rings. The Hall–Kier alpha value is -1.96. The van der Waals surface area contributed by atoms with Gasteiger partial charge in [0, 0.05) is 17.0 Å². The molecule has 0 saturated carbocycles. The van der Waals surface area contributed by atoms with E-state index in [1.165, 1.54) is 11.1 Å². The molecule has 2 nitrogen and oxygen atoms in total. The Kier molecular flexibility index (Phi) is 7.69. The van der Waals surface area contributed by atoms with E-state index < -0.39 is 0 Å². The van der Waals surface area contributed by atoms with E-state index in [1.54, 1.807) is 0 Å². The van der Waals surface area contributed by atoms with Gasteiger partial charge in [-0.25, -0.2) is 0 Å². The summed E-state index contributed by atoms with van der Waals surface area (Å²) in [7, 11) is 0. The summed E-state index contributed by atoms with van der Waals surface area (Å²) in [6, 6.07) is 8.72. The quantitative estimate of drug-likeness (QED) is 0.445. The topological polar surface area (TPSA) is 40.5 Å². The van der Waals surface area contributed by atoms with Gasteiger partial charge in [0.2, 0.25) is 0 Å². The average molecular weight is 467 g/mol. The molecule has 2 heteroatoms. The molecule has 0 spiro atoms. The molecule has 2 rings (SSSR count). The van der Waals surface area contributed by atoms with Crippen LogP contribution in [0.1, 0.15) is 142 Å². The van der Waals surface area contributed by atoms with Gasteiger partial charge in [0.25, 0.3) is 0 Å². The molecule has 0 unspecified atom stereocenters. The highest BCUT2D eigenvalue weighted by Gasteiger charge is 2.32. The SMILES string of the molecule is CCC(C)(C)c1cc(C(C)c2cc(C(C)(C)CC)cc(C(C)(C)C)c2O)c(O)c(C(C)(C)C)c1. The second kappa shape index (κ2) is 9.25. The molecule has 0 saturated heterocycles. The summed E-state index contributed by atoms with van der Waals surface area (Å²) in [4.78, 5) is 0. The zero-order chi connectivity index (χ0) is 26.4. The first-order valence-electron chi connectivity index (χ1n) is 13.0. The van der Waals surface area contributed by atoms with Crippen LogP contribution in [0, 0.1) is 0 Å². The van der Waals surface area contributed by atoms with Crippen LogP contribution in [-0.2, 0) is 21.7 Å². The highest BCUT2D eigenvalue weighted by atomic mass is 16.3. The number of rotatable bonds is 6. The summed E-state index contributed by atoms with van der Waals surface area (Å²) in [5, 5.41) is 23.1. The van der Waals surface area contributed by atoms with Crippen molar-refractivity contribution in [3.8, 4) is 11.5 Å². The summed E-state index contributed by atoms with van der Waals surface area (Å²) in [6.07, 6.45) is 2.02. The number of phenols is 2. The third kappa shape index (κ3) is 5.47. The summed E-state index contributed by atoms with van der Waals surface area (Å²) in [6.45, 7) is 28.5. The van der Waals surface area contributed by atoms with Gasteiger partial charge in [-0.1, -0.05) is 114 Å². The van der Waals surface area contributed by atoms with Gasteiger partial charge in [-0.3, -0.25) is 0 Å². The van der Waals surface area contributed by atoms with Gasteiger partial charge in [-0.2, -0.15) is 0 Å². The van der Waals surface area contributed by atoms with Crippen molar-refractivity contribution in [1.82, 2.24) is 0 Å². The lowest BCUT2D eigenvalue weighted by atomic mass is 9.73. The van der Waals surface area contributed by atoms with Crippen LogP contribution < -0.4 is 0 Å². The summed E-state index contributed by atoms with van der Waals surface area (Å²) in [5.41, 5.74) is 5.80. The summed E-state index contributed by atoms with van der Waals surface area (Å²) < 4.78 is 0. The second-order valence-corrected chi connectivity index (χ2v) is 13.6. The molecular weight excluding hydrogens is 416 g/mol. The third-order valence-electron chi connectivity index (χ3n) is 8.16. The Labute approximate surface area is 209 Å². The lowest BCUT2D eigenvalue weighted by Gasteiger charge is -2.32. The molecule has 0 aliphatic carbocycles. The Morgan fingerprint density at radius 1 is 0.588 bits per heavy atom. The minimum absolute atomic E-state index is 0.00711. The number of phenolic OH excluding ortho intramolecular Hbond substituents is 2. The number of hydrogen-bond donors (Lipinski definition) is 2. The van der Waals surface area contributed by atoms with Crippen molar-refractivity contribution in [2.45, 2.75) is 130 Å². The van der Waals surface area contributed by atoms with Crippen LogP contribution in [0.5, 0.6) is 11.5 Å². The van der Waals surface area contributed by atoms with Crippen LogP contribution in [0.15, 0.2) is 24.3 Å². The van der Waals surface area contributed by atoms with Gasteiger partial charge in [0.05, 0.1) is 0 Å². The molecule has 0 aliphatic rings. The van der Waals surface area contributed by atoms with Crippen molar-refractivity contribution in [2.75, 3.05) is 0 Å². The average Bonchev–Trinajstić information content (AvgIpc) is 2.71.